The summed E-state index contributed by atoms with van der Waals surface area (Å²) in [5.41, 5.74) is 1.43. The number of carbonyl (C=O) groups excluding carboxylic acids is 2. The topological polar surface area (TPSA) is 101 Å². The van der Waals surface area contributed by atoms with Gasteiger partial charge in [0.1, 0.15) is 29.6 Å². The average Bonchev–Trinajstić information content (AvgIpc) is 3.50. The minimum Gasteiger partial charge on any atom is -0.507 e. The lowest BCUT2D eigenvalue weighted by atomic mass is 9.67. The monoisotopic (exact) mass is 585 g/mol. The van der Waals surface area contributed by atoms with Crippen molar-refractivity contribution >= 4 is 17.8 Å². The molecule has 4 saturated heterocycles. The van der Waals surface area contributed by atoms with Crippen molar-refractivity contribution in [2.45, 2.75) is 63.3 Å². The van der Waals surface area contributed by atoms with Crippen LogP contribution < -0.4 is 4.74 Å². The van der Waals surface area contributed by atoms with Gasteiger partial charge in [0.15, 0.2) is 5.78 Å². The average molecular weight is 586 g/mol. The maximum atomic E-state index is 13.4. The Labute approximate surface area is 249 Å². The van der Waals surface area contributed by atoms with E-state index in [0.29, 0.717) is 41.3 Å². The van der Waals surface area contributed by atoms with E-state index in [0.717, 1.165) is 13.0 Å². The number of amides is 1. The molecule has 10 heteroatoms. The van der Waals surface area contributed by atoms with Gasteiger partial charge in [0, 0.05) is 31.1 Å². The number of phenols is 1. The largest absolute Gasteiger partial charge is 0.507 e. The number of allylic oxidation sites excluding steroid dienone is 1. The number of phenolic OH excluding ortho intramolecular Hbond substituents is 1. The van der Waals surface area contributed by atoms with Crippen LogP contribution in [0.3, 0.4) is 0 Å². The summed E-state index contributed by atoms with van der Waals surface area (Å²) in [6.07, 6.45) is 11.0. The Balaban J connectivity index is 0.978. The van der Waals surface area contributed by atoms with E-state index in [1.165, 1.54) is 69.1 Å². The maximum Gasteiger partial charge on any atom is 0.224 e. The van der Waals surface area contributed by atoms with Crippen molar-refractivity contribution in [3.63, 3.8) is 0 Å². The first-order chi connectivity index (χ1) is 20.9. The second-order valence-electron chi connectivity index (χ2n) is 12.3. The molecule has 4 aliphatic rings. The van der Waals surface area contributed by atoms with Crippen molar-refractivity contribution in [2.75, 3.05) is 19.6 Å². The molecular formula is C33H36FN5O4. The Kier molecular flexibility index (Phi) is 7.46. The molecule has 0 aliphatic carbocycles. The third kappa shape index (κ3) is 5.56. The summed E-state index contributed by atoms with van der Waals surface area (Å²) in [6, 6.07) is 11.1. The zero-order valence-corrected chi connectivity index (χ0v) is 24.0. The fraction of sp³-hybridized carbons (Fsp3) is 0.455. The van der Waals surface area contributed by atoms with Gasteiger partial charge in [0.2, 0.25) is 5.91 Å². The Bertz CT molecular complexity index is 1540. The smallest absolute Gasteiger partial charge is 0.224 e. The predicted molar refractivity (Wildman–Crippen MR) is 157 cm³/mol. The van der Waals surface area contributed by atoms with Crippen molar-refractivity contribution < 1.29 is 23.8 Å². The van der Waals surface area contributed by atoms with Gasteiger partial charge in [-0.2, -0.15) is 0 Å². The number of ether oxygens (including phenoxy) is 1. The Morgan fingerprint density at radius 3 is 2.74 bits per heavy atom. The Morgan fingerprint density at radius 1 is 1.12 bits per heavy atom. The molecular weight excluding hydrogens is 549 g/mol. The zero-order valence-electron chi connectivity index (χ0n) is 24.0. The molecule has 5 atom stereocenters. The van der Waals surface area contributed by atoms with E-state index in [-0.39, 0.29) is 47.5 Å². The second kappa shape index (κ2) is 11.6. The van der Waals surface area contributed by atoms with Gasteiger partial charge in [-0.25, -0.2) is 9.07 Å². The van der Waals surface area contributed by atoms with Crippen LogP contribution in [0.2, 0.25) is 0 Å². The molecule has 0 saturated carbocycles. The SMILES string of the molecule is O=C(/C=C/c1ccc(F)cc1)c1ccc(OCc2cn([C@H]3CC(=O)N4C[C@@H]5CCCN6CCC[C@@H]([C@H]56)[C@H]4C3)nn2)cc1O. The van der Waals surface area contributed by atoms with Gasteiger partial charge in [-0.1, -0.05) is 23.4 Å². The van der Waals surface area contributed by atoms with Crippen LogP contribution >= 0.6 is 0 Å². The molecule has 1 N–H and O–H groups in total. The number of hydrogen-bond donors (Lipinski definition) is 1. The predicted octanol–water partition coefficient (Wildman–Crippen LogP) is 4.63. The first-order valence-electron chi connectivity index (χ1n) is 15.3. The minimum atomic E-state index is -0.380. The highest BCUT2D eigenvalue weighted by atomic mass is 19.1. The molecule has 5 heterocycles. The van der Waals surface area contributed by atoms with E-state index in [2.05, 4.69) is 20.1 Å². The molecule has 2 aromatic carbocycles. The van der Waals surface area contributed by atoms with E-state index in [1.807, 2.05) is 10.9 Å². The number of piperidine rings is 4. The van der Waals surface area contributed by atoms with Crippen molar-refractivity contribution in [3.05, 3.63) is 77.4 Å². The number of nitrogens with zero attached hydrogens (tertiary/aromatic N) is 5. The number of ketones is 1. The van der Waals surface area contributed by atoms with Crippen molar-refractivity contribution in [1.82, 2.24) is 24.8 Å². The summed E-state index contributed by atoms with van der Waals surface area (Å²) in [7, 11) is 0. The molecule has 1 aromatic heterocycles. The third-order valence-corrected chi connectivity index (χ3v) is 9.77. The standard InChI is InChI=1S/C33H36FN5O4/c34-23-8-5-21(6-9-23)7-12-30(40)28-11-10-26(17-31(28)41)43-20-24-19-39(36-35-24)25-15-29-27-4-2-14-37-13-1-3-22(33(27)37)18-38(29)32(42)16-25/h5-12,17,19,22,25,27,29,33,41H,1-4,13-16,18,20H2/b12-7+/t22-,25+,27+,29+,33-/m0/s1. The zero-order chi connectivity index (χ0) is 29.5. The second-order valence-corrected chi connectivity index (χ2v) is 12.3. The minimum absolute atomic E-state index is 0.0252. The third-order valence-electron chi connectivity index (χ3n) is 9.77. The Morgan fingerprint density at radius 2 is 1.93 bits per heavy atom. The van der Waals surface area contributed by atoms with Crippen LogP contribution in [0, 0.1) is 17.7 Å². The lowest BCUT2D eigenvalue weighted by Crippen LogP contribution is -2.67. The van der Waals surface area contributed by atoms with Crippen LogP contribution in [-0.4, -0.2) is 73.3 Å². The number of aromatic nitrogens is 3. The number of carbonyl (C=O) groups is 2. The molecule has 224 valence electrons. The molecule has 3 aromatic rings. The summed E-state index contributed by atoms with van der Waals surface area (Å²) >= 11 is 0. The van der Waals surface area contributed by atoms with Crippen LogP contribution in [0.15, 0.2) is 54.7 Å². The first kappa shape index (κ1) is 27.8. The van der Waals surface area contributed by atoms with Gasteiger partial charge in [-0.3, -0.25) is 14.5 Å². The van der Waals surface area contributed by atoms with Crippen molar-refractivity contribution in [2.24, 2.45) is 11.8 Å². The van der Waals surface area contributed by atoms with Crippen LogP contribution in [0.5, 0.6) is 11.5 Å². The van der Waals surface area contributed by atoms with E-state index in [1.54, 1.807) is 24.3 Å². The van der Waals surface area contributed by atoms with E-state index >= 15 is 0 Å². The lowest BCUT2D eigenvalue weighted by molar-refractivity contribution is -0.153. The molecule has 4 aliphatic heterocycles. The highest BCUT2D eigenvalue weighted by molar-refractivity contribution is 6.08. The summed E-state index contributed by atoms with van der Waals surface area (Å²) in [5.74, 6) is 0.831. The summed E-state index contributed by atoms with van der Waals surface area (Å²) in [4.78, 5) is 30.8. The van der Waals surface area contributed by atoms with E-state index in [4.69, 9.17) is 4.74 Å². The molecule has 0 unspecified atom stereocenters. The molecule has 0 bridgehead atoms. The number of benzene rings is 2. The molecule has 0 radical (unpaired) electrons. The lowest BCUT2D eigenvalue weighted by Gasteiger charge is -2.59. The summed E-state index contributed by atoms with van der Waals surface area (Å²) in [6.45, 7) is 3.42. The van der Waals surface area contributed by atoms with Gasteiger partial charge >= 0.3 is 0 Å². The maximum absolute atomic E-state index is 13.4. The number of hydrogen-bond acceptors (Lipinski definition) is 7. The van der Waals surface area contributed by atoms with E-state index < -0.39 is 0 Å². The highest BCUT2D eigenvalue weighted by Crippen LogP contribution is 2.46. The van der Waals surface area contributed by atoms with Gasteiger partial charge in [0.25, 0.3) is 0 Å². The molecule has 4 fully saturated rings. The molecule has 0 spiro atoms. The van der Waals surface area contributed by atoms with Crippen molar-refractivity contribution in [1.29, 1.82) is 0 Å². The van der Waals surface area contributed by atoms with Crippen molar-refractivity contribution in [3.8, 4) is 11.5 Å². The van der Waals surface area contributed by atoms with Gasteiger partial charge < -0.3 is 14.7 Å². The number of fused-ring (bicyclic) bond motifs is 2. The number of halogens is 1. The van der Waals surface area contributed by atoms with Gasteiger partial charge in [-0.05, 0) is 92.9 Å². The Hall–Kier alpha value is -4.05. The molecule has 43 heavy (non-hydrogen) atoms. The molecule has 7 rings (SSSR count). The van der Waals surface area contributed by atoms with E-state index in [9.17, 15) is 19.1 Å². The quantitative estimate of drug-likeness (QED) is 0.319. The number of rotatable bonds is 7. The fourth-order valence-electron chi connectivity index (χ4n) is 7.83. The van der Waals surface area contributed by atoms with Gasteiger partial charge in [-0.15, -0.1) is 5.10 Å². The fourth-order valence-corrected chi connectivity index (χ4v) is 7.83. The first-order valence-corrected chi connectivity index (χ1v) is 15.3. The number of aromatic hydroxyl groups is 1. The van der Waals surface area contributed by atoms with Crippen LogP contribution in [-0.2, 0) is 11.4 Å². The normalized spacial score (nSPS) is 27.1. The molecule has 1 amide bonds. The molecule has 9 nitrogen and oxygen atoms in total. The van der Waals surface area contributed by atoms with Gasteiger partial charge in [0.05, 0.1) is 17.8 Å². The van der Waals surface area contributed by atoms with Crippen LogP contribution in [0.1, 0.15) is 66.2 Å². The van der Waals surface area contributed by atoms with Crippen LogP contribution in [0.4, 0.5) is 4.39 Å². The van der Waals surface area contributed by atoms with Crippen LogP contribution in [0.25, 0.3) is 6.08 Å². The highest BCUT2D eigenvalue weighted by Gasteiger charge is 2.52. The summed E-state index contributed by atoms with van der Waals surface area (Å²) in [5, 5.41) is 19.1. The summed E-state index contributed by atoms with van der Waals surface area (Å²) < 4.78 is 20.8.